The number of nitrogens with zero attached hydrogens (tertiary/aromatic N) is 3. The van der Waals surface area contributed by atoms with Crippen LogP contribution in [-0.2, 0) is 17.8 Å². The molecule has 0 aliphatic carbocycles. The van der Waals surface area contributed by atoms with E-state index >= 15 is 0 Å². The highest BCUT2D eigenvalue weighted by molar-refractivity contribution is 5.80. The lowest BCUT2D eigenvalue weighted by molar-refractivity contribution is -0.128. The van der Waals surface area contributed by atoms with E-state index in [1.165, 1.54) is 11.1 Å². The first-order valence-electron chi connectivity index (χ1n) is 8.25. The molecule has 0 saturated carbocycles. The first kappa shape index (κ1) is 19.0. The Kier molecular flexibility index (Phi) is 8.16. The lowest BCUT2D eigenvalue weighted by Crippen LogP contribution is -2.38. The molecule has 0 spiro atoms. The molecule has 128 valence electrons. The van der Waals surface area contributed by atoms with Crippen LogP contribution in [0.15, 0.2) is 29.3 Å². The van der Waals surface area contributed by atoms with Crippen molar-refractivity contribution < 1.29 is 4.79 Å². The van der Waals surface area contributed by atoms with Crippen molar-refractivity contribution in [3.8, 4) is 0 Å². The molecular formula is C18H30N4O. The maximum atomic E-state index is 11.6. The predicted octanol–water partition coefficient (Wildman–Crippen LogP) is 2.12. The predicted molar refractivity (Wildman–Crippen MR) is 96.6 cm³/mol. The monoisotopic (exact) mass is 318 g/mol. The summed E-state index contributed by atoms with van der Waals surface area (Å²) in [5.41, 5.74) is 2.60. The fraction of sp³-hybridized carbons (Fsp3) is 0.556. The number of nitrogens with one attached hydrogen (secondary N) is 1. The van der Waals surface area contributed by atoms with Gasteiger partial charge in [-0.25, -0.2) is 0 Å². The van der Waals surface area contributed by atoms with Gasteiger partial charge in [-0.15, -0.1) is 0 Å². The molecule has 1 amide bonds. The van der Waals surface area contributed by atoms with Gasteiger partial charge in [0, 0.05) is 40.7 Å². The number of carbonyl (C=O) groups is 1. The van der Waals surface area contributed by atoms with Gasteiger partial charge in [0.2, 0.25) is 5.91 Å². The molecule has 1 aromatic rings. The highest BCUT2D eigenvalue weighted by Gasteiger charge is 2.08. The van der Waals surface area contributed by atoms with E-state index in [2.05, 4.69) is 46.4 Å². The summed E-state index contributed by atoms with van der Waals surface area (Å²) in [5.74, 6) is 0.932. The third-order valence-corrected chi connectivity index (χ3v) is 3.63. The molecule has 23 heavy (non-hydrogen) atoms. The number of carbonyl (C=O) groups excluding carboxylic acids is 1. The summed E-state index contributed by atoms with van der Waals surface area (Å²) in [6.07, 6.45) is 1.49. The van der Waals surface area contributed by atoms with Gasteiger partial charge in [0.05, 0.1) is 6.54 Å². The lowest BCUT2D eigenvalue weighted by atomic mass is 10.1. The first-order valence-corrected chi connectivity index (χ1v) is 8.25. The van der Waals surface area contributed by atoms with Crippen LogP contribution in [0.2, 0.25) is 0 Å². The minimum atomic E-state index is 0.0994. The lowest BCUT2D eigenvalue weighted by Gasteiger charge is -2.22. The van der Waals surface area contributed by atoms with Gasteiger partial charge in [0.15, 0.2) is 5.96 Å². The number of benzene rings is 1. The molecule has 0 heterocycles. The average molecular weight is 318 g/mol. The molecule has 0 atom stereocenters. The van der Waals surface area contributed by atoms with E-state index in [0.29, 0.717) is 13.0 Å². The van der Waals surface area contributed by atoms with Gasteiger partial charge in [-0.2, -0.15) is 0 Å². The van der Waals surface area contributed by atoms with E-state index in [1.54, 1.807) is 19.0 Å². The second-order valence-corrected chi connectivity index (χ2v) is 5.80. The maximum absolute atomic E-state index is 11.6. The molecular weight excluding hydrogens is 288 g/mol. The SMILES string of the molecule is CCNC(=NCCC(=O)N(C)C)N(C)Cc1ccc(CC)cc1. The van der Waals surface area contributed by atoms with Crippen LogP contribution in [0.25, 0.3) is 0 Å². The molecule has 0 saturated heterocycles. The first-order chi connectivity index (χ1) is 11.0. The van der Waals surface area contributed by atoms with Crippen LogP contribution >= 0.6 is 0 Å². The second-order valence-electron chi connectivity index (χ2n) is 5.80. The number of hydrogen-bond donors (Lipinski definition) is 1. The van der Waals surface area contributed by atoms with Gasteiger partial charge in [-0.3, -0.25) is 9.79 Å². The third-order valence-electron chi connectivity index (χ3n) is 3.63. The molecule has 5 heteroatoms. The third kappa shape index (κ3) is 6.72. The molecule has 5 nitrogen and oxygen atoms in total. The number of guanidine groups is 1. The van der Waals surface area contributed by atoms with Crippen LogP contribution in [0.1, 0.15) is 31.4 Å². The molecule has 1 rings (SSSR count). The zero-order valence-corrected chi connectivity index (χ0v) is 15.1. The standard InChI is InChI=1S/C18H30N4O/c1-6-15-8-10-16(11-9-15)14-22(5)18(19-7-2)20-13-12-17(23)21(3)4/h8-11H,6-7,12-14H2,1-5H3,(H,19,20). The van der Waals surface area contributed by atoms with E-state index in [9.17, 15) is 4.79 Å². The molecule has 0 unspecified atom stereocenters. The highest BCUT2D eigenvalue weighted by atomic mass is 16.2. The average Bonchev–Trinajstić information content (AvgIpc) is 2.54. The molecule has 0 fully saturated rings. The Bertz CT molecular complexity index is 508. The largest absolute Gasteiger partial charge is 0.357 e. The van der Waals surface area contributed by atoms with Gasteiger partial charge in [0.1, 0.15) is 0 Å². The summed E-state index contributed by atoms with van der Waals surface area (Å²) >= 11 is 0. The summed E-state index contributed by atoms with van der Waals surface area (Å²) in [5, 5.41) is 3.28. The van der Waals surface area contributed by atoms with Gasteiger partial charge in [-0.05, 0) is 24.5 Å². The quantitative estimate of drug-likeness (QED) is 0.619. The van der Waals surface area contributed by atoms with Crippen LogP contribution in [0.4, 0.5) is 0 Å². The molecule has 1 N–H and O–H groups in total. The van der Waals surface area contributed by atoms with E-state index in [4.69, 9.17) is 0 Å². The summed E-state index contributed by atoms with van der Waals surface area (Å²) in [6, 6.07) is 8.66. The van der Waals surface area contributed by atoms with Crippen LogP contribution in [0.3, 0.4) is 0 Å². The van der Waals surface area contributed by atoms with Crippen LogP contribution in [-0.4, -0.2) is 55.9 Å². The van der Waals surface area contributed by atoms with Crippen molar-refractivity contribution in [3.63, 3.8) is 0 Å². The minimum Gasteiger partial charge on any atom is -0.357 e. The number of aliphatic imine (C=N–C) groups is 1. The summed E-state index contributed by atoms with van der Waals surface area (Å²) in [4.78, 5) is 19.9. The number of rotatable bonds is 7. The van der Waals surface area contributed by atoms with Crippen LogP contribution in [0.5, 0.6) is 0 Å². The van der Waals surface area contributed by atoms with E-state index in [0.717, 1.165) is 25.5 Å². The summed E-state index contributed by atoms with van der Waals surface area (Å²) < 4.78 is 0. The van der Waals surface area contributed by atoms with Gasteiger partial charge in [-0.1, -0.05) is 31.2 Å². The minimum absolute atomic E-state index is 0.0994. The Morgan fingerprint density at radius 3 is 2.22 bits per heavy atom. The smallest absolute Gasteiger partial charge is 0.223 e. The highest BCUT2D eigenvalue weighted by Crippen LogP contribution is 2.07. The Morgan fingerprint density at radius 1 is 1.09 bits per heavy atom. The van der Waals surface area contributed by atoms with E-state index in [1.807, 2.05) is 14.0 Å². The Hall–Kier alpha value is -2.04. The van der Waals surface area contributed by atoms with Crippen molar-refractivity contribution in [3.05, 3.63) is 35.4 Å². The second kappa shape index (κ2) is 9.87. The Labute approximate surface area is 140 Å². The van der Waals surface area contributed by atoms with Gasteiger partial charge >= 0.3 is 0 Å². The van der Waals surface area contributed by atoms with E-state index < -0.39 is 0 Å². The van der Waals surface area contributed by atoms with Crippen molar-refractivity contribution in [2.24, 2.45) is 4.99 Å². The van der Waals surface area contributed by atoms with Crippen molar-refractivity contribution in [1.82, 2.24) is 15.1 Å². The van der Waals surface area contributed by atoms with Gasteiger partial charge in [0.25, 0.3) is 0 Å². The maximum Gasteiger partial charge on any atom is 0.223 e. The van der Waals surface area contributed by atoms with Crippen molar-refractivity contribution in [2.75, 3.05) is 34.2 Å². The van der Waals surface area contributed by atoms with Crippen LogP contribution < -0.4 is 5.32 Å². The normalized spacial score (nSPS) is 11.3. The van der Waals surface area contributed by atoms with Crippen molar-refractivity contribution in [1.29, 1.82) is 0 Å². The van der Waals surface area contributed by atoms with Crippen molar-refractivity contribution >= 4 is 11.9 Å². The molecule has 0 radical (unpaired) electrons. The zero-order chi connectivity index (χ0) is 17.2. The molecule has 0 bridgehead atoms. The molecule has 1 aromatic carbocycles. The van der Waals surface area contributed by atoms with Crippen LogP contribution in [0, 0.1) is 0 Å². The molecule has 0 aliphatic heterocycles. The molecule has 0 aromatic heterocycles. The number of hydrogen-bond acceptors (Lipinski definition) is 2. The topological polar surface area (TPSA) is 47.9 Å². The fourth-order valence-electron chi connectivity index (χ4n) is 2.18. The summed E-state index contributed by atoms with van der Waals surface area (Å²) in [7, 11) is 5.55. The van der Waals surface area contributed by atoms with E-state index in [-0.39, 0.29) is 5.91 Å². The van der Waals surface area contributed by atoms with Crippen molar-refractivity contribution in [2.45, 2.75) is 33.2 Å². The summed E-state index contributed by atoms with van der Waals surface area (Å²) in [6.45, 7) is 6.30. The van der Waals surface area contributed by atoms with Gasteiger partial charge < -0.3 is 15.1 Å². The number of aryl methyl sites for hydroxylation is 1. The Balaban J connectivity index is 2.65. The number of amides is 1. The zero-order valence-electron chi connectivity index (χ0n) is 15.1. The molecule has 0 aliphatic rings. The Morgan fingerprint density at radius 2 is 1.70 bits per heavy atom. The fourth-order valence-corrected chi connectivity index (χ4v) is 2.18.